The van der Waals surface area contributed by atoms with Crippen LogP contribution in [0.25, 0.3) is 0 Å². The van der Waals surface area contributed by atoms with Gasteiger partial charge in [0.15, 0.2) is 0 Å². The molecule has 0 spiro atoms. The molecular formula is C28H40N4O2. The van der Waals surface area contributed by atoms with Crippen molar-refractivity contribution >= 4 is 5.91 Å². The third kappa shape index (κ3) is 12.0. The van der Waals surface area contributed by atoms with Crippen molar-refractivity contribution in [2.24, 2.45) is 5.73 Å². The summed E-state index contributed by atoms with van der Waals surface area (Å²) in [5, 5.41) is 10.0. The summed E-state index contributed by atoms with van der Waals surface area (Å²) in [6.07, 6.45) is 9.36. The lowest BCUT2D eigenvalue weighted by Gasteiger charge is -2.13. The number of ether oxygens (including phenoxy) is 1. The van der Waals surface area contributed by atoms with E-state index in [2.05, 4.69) is 42.3 Å². The van der Waals surface area contributed by atoms with E-state index < -0.39 is 0 Å². The first kappa shape index (κ1) is 30.6. The minimum atomic E-state index is 0.0482. The summed E-state index contributed by atoms with van der Waals surface area (Å²) >= 11 is 0. The molecule has 1 saturated heterocycles. The summed E-state index contributed by atoms with van der Waals surface area (Å²) in [6.45, 7) is 8.02. The van der Waals surface area contributed by atoms with Crippen molar-refractivity contribution in [2.45, 2.75) is 53.0 Å². The fourth-order valence-corrected chi connectivity index (χ4v) is 2.99. The number of nitriles is 1. The molecule has 2 aromatic carbocycles. The molecule has 1 unspecified atom stereocenters. The predicted molar refractivity (Wildman–Crippen MR) is 140 cm³/mol. The van der Waals surface area contributed by atoms with Crippen molar-refractivity contribution in [2.75, 3.05) is 14.1 Å². The first-order chi connectivity index (χ1) is 16.5. The molecule has 1 fully saturated rings. The summed E-state index contributed by atoms with van der Waals surface area (Å²) < 4.78 is 4.82. The second-order valence-corrected chi connectivity index (χ2v) is 7.05. The van der Waals surface area contributed by atoms with E-state index in [1.165, 1.54) is 18.2 Å². The second kappa shape index (κ2) is 19.1. The fourth-order valence-electron chi connectivity index (χ4n) is 2.99. The maximum atomic E-state index is 11.6. The summed E-state index contributed by atoms with van der Waals surface area (Å²) in [4.78, 5) is 11.6. The Morgan fingerprint density at radius 1 is 1.21 bits per heavy atom. The Morgan fingerprint density at radius 2 is 1.88 bits per heavy atom. The zero-order valence-electron chi connectivity index (χ0n) is 21.4. The first-order valence-corrected chi connectivity index (χ1v) is 11.7. The quantitative estimate of drug-likeness (QED) is 0.331. The Morgan fingerprint density at radius 3 is 2.38 bits per heavy atom. The summed E-state index contributed by atoms with van der Waals surface area (Å²) in [7, 11) is 3.25. The Kier molecular flexibility index (Phi) is 17.2. The maximum Gasteiger partial charge on any atom is 0.291 e. The lowest BCUT2D eigenvalue weighted by atomic mass is 10.0. The average molecular weight is 465 g/mol. The Balaban J connectivity index is 0.000000826. The van der Waals surface area contributed by atoms with Gasteiger partial charge in [0, 0.05) is 19.9 Å². The summed E-state index contributed by atoms with van der Waals surface area (Å²) in [6, 6.07) is 18.5. The summed E-state index contributed by atoms with van der Waals surface area (Å²) in [5.41, 5.74) is 11.3. The maximum absolute atomic E-state index is 11.6. The van der Waals surface area contributed by atoms with E-state index in [-0.39, 0.29) is 11.9 Å². The lowest BCUT2D eigenvalue weighted by Crippen LogP contribution is -2.30. The molecule has 6 nitrogen and oxygen atoms in total. The minimum Gasteiger partial charge on any atom is -0.393 e. The number of hydrazine groups is 1. The molecule has 3 N–H and O–H groups in total. The second-order valence-electron chi connectivity index (χ2n) is 7.05. The number of nitrogens with zero attached hydrogens (tertiary/aromatic N) is 2. The molecule has 1 atom stereocenters. The van der Waals surface area contributed by atoms with Crippen molar-refractivity contribution in [3.63, 3.8) is 0 Å². The van der Waals surface area contributed by atoms with Crippen LogP contribution in [0.2, 0.25) is 0 Å². The number of hydrogen-bond donors (Lipinski definition) is 2. The van der Waals surface area contributed by atoms with Gasteiger partial charge in [0.2, 0.25) is 5.91 Å². The number of nitrogens with two attached hydrogens (primary N) is 1. The predicted octanol–water partition coefficient (Wildman–Crippen LogP) is 5.58. The number of amides is 1. The highest BCUT2D eigenvalue weighted by atomic mass is 16.5. The topological polar surface area (TPSA) is 91.4 Å². The highest BCUT2D eigenvalue weighted by Gasteiger charge is 2.27. The zero-order valence-corrected chi connectivity index (χ0v) is 21.4. The van der Waals surface area contributed by atoms with Crippen LogP contribution in [-0.2, 0) is 16.0 Å². The van der Waals surface area contributed by atoms with E-state index in [0.717, 1.165) is 12.0 Å². The van der Waals surface area contributed by atoms with Gasteiger partial charge in [-0.05, 0) is 37.6 Å². The number of nitrogens with one attached hydrogen (secondary N) is 1. The van der Waals surface area contributed by atoms with Crippen LogP contribution in [0.3, 0.4) is 0 Å². The molecule has 3 rings (SSSR count). The minimum absolute atomic E-state index is 0.0482. The van der Waals surface area contributed by atoms with Crippen LogP contribution in [0.4, 0.5) is 0 Å². The molecular weight excluding hydrogens is 424 g/mol. The number of carbonyl (C=O) groups is 1. The van der Waals surface area contributed by atoms with Gasteiger partial charge in [-0.15, -0.1) is 5.26 Å². The van der Waals surface area contributed by atoms with Gasteiger partial charge in [-0.3, -0.25) is 9.80 Å². The third-order valence-corrected chi connectivity index (χ3v) is 4.69. The van der Waals surface area contributed by atoms with Crippen molar-refractivity contribution in [1.82, 2.24) is 10.4 Å². The third-order valence-electron chi connectivity index (χ3n) is 4.69. The Bertz CT molecular complexity index is 918. The number of rotatable bonds is 6. The van der Waals surface area contributed by atoms with Crippen LogP contribution in [0.15, 0.2) is 78.6 Å². The van der Waals surface area contributed by atoms with Gasteiger partial charge in [-0.25, -0.2) is 5.43 Å². The van der Waals surface area contributed by atoms with Crippen LogP contribution in [0.5, 0.6) is 0 Å². The molecule has 34 heavy (non-hydrogen) atoms. The van der Waals surface area contributed by atoms with Gasteiger partial charge >= 0.3 is 0 Å². The largest absolute Gasteiger partial charge is 0.393 e. The van der Waals surface area contributed by atoms with Crippen molar-refractivity contribution in [3.05, 3.63) is 95.3 Å². The van der Waals surface area contributed by atoms with Gasteiger partial charge in [0.1, 0.15) is 5.76 Å². The molecule has 6 heteroatoms. The van der Waals surface area contributed by atoms with Crippen molar-refractivity contribution in [1.29, 1.82) is 5.26 Å². The summed E-state index contributed by atoms with van der Waals surface area (Å²) in [5.74, 6) is 0.754. The highest BCUT2D eigenvalue weighted by molar-refractivity contribution is 5.78. The lowest BCUT2D eigenvalue weighted by molar-refractivity contribution is -0.128. The molecule has 0 aliphatic carbocycles. The van der Waals surface area contributed by atoms with Crippen LogP contribution in [-0.4, -0.2) is 25.0 Å². The van der Waals surface area contributed by atoms with Crippen molar-refractivity contribution < 1.29 is 9.53 Å². The molecule has 0 aromatic heterocycles. The van der Waals surface area contributed by atoms with Gasteiger partial charge in [0.05, 0.1) is 6.04 Å². The smallest absolute Gasteiger partial charge is 0.291 e. The molecule has 1 aliphatic rings. The number of hydrogen-bond acceptors (Lipinski definition) is 5. The average Bonchev–Trinajstić information content (AvgIpc) is 3.22. The molecule has 0 radical (unpaired) electrons. The van der Waals surface area contributed by atoms with Gasteiger partial charge < -0.3 is 10.5 Å². The van der Waals surface area contributed by atoms with E-state index in [1.807, 2.05) is 63.3 Å². The van der Waals surface area contributed by atoms with Gasteiger partial charge in [0.25, 0.3) is 6.26 Å². The number of benzene rings is 2. The molecule has 1 aliphatic heterocycles. The van der Waals surface area contributed by atoms with Gasteiger partial charge in [-0.1, -0.05) is 93.1 Å². The first-order valence-electron chi connectivity index (χ1n) is 11.7. The Labute approximate surface area is 205 Å². The van der Waals surface area contributed by atoms with Crippen LogP contribution in [0, 0.1) is 18.4 Å². The number of aryl methyl sites for hydroxylation is 1. The van der Waals surface area contributed by atoms with E-state index in [4.69, 9.17) is 10.00 Å². The zero-order chi connectivity index (χ0) is 25.8. The SMILES string of the molecule is CC.CC/C(=C\C=C/Cc1cccc(C2CC(=O)N(C)N2)c1)OC#N.CN.Cc1ccccc1. The van der Waals surface area contributed by atoms with E-state index >= 15 is 0 Å². The number of allylic oxidation sites excluding steroid dienone is 4. The number of carbonyl (C=O) groups excluding carboxylic acids is 1. The normalized spacial score (nSPS) is 14.6. The molecule has 0 bridgehead atoms. The monoisotopic (exact) mass is 464 g/mol. The van der Waals surface area contributed by atoms with Crippen LogP contribution >= 0.6 is 0 Å². The Hall–Kier alpha value is -3.40. The van der Waals surface area contributed by atoms with Crippen molar-refractivity contribution in [3.8, 4) is 6.26 Å². The van der Waals surface area contributed by atoms with Crippen LogP contribution < -0.4 is 11.2 Å². The highest BCUT2D eigenvalue weighted by Crippen LogP contribution is 2.23. The van der Waals surface area contributed by atoms with E-state index in [1.54, 1.807) is 24.4 Å². The van der Waals surface area contributed by atoms with E-state index in [0.29, 0.717) is 18.6 Å². The molecule has 2 aromatic rings. The van der Waals surface area contributed by atoms with Crippen LogP contribution in [0.1, 0.15) is 56.3 Å². The molecule has 1 amide bonds. The fraction of sp³-hybridized carbons (Fsp3) is 0.357. The molecule has 184 valence electrons. The van der Waals surface area contributed by atoms with Gasteiger partial charge in [-0.2, -0.15) is 0 Å². The van der Waals surface area contributed by atoms with E-state index in [9.17, 15) is 4.79 Å². The molecule has 0 saturated carbocycles. The molecule has 1 heterocycles. The standard InChI is InChI=1S/C18H21N3O2.C7H8.C2H6.CH5N/c1-3-16(23-13-19)10-5-4-7-14-8-6-9-15(11-14)17-12-18(22)21(2)20-17;1-7-5-3-2-4-6-7;2*1-2/h4-6,8-11,17,20H,3,7,12H2,1-2H3;2-6H,1H3;1-2H3;2H2,1H3/b5-4-,16-10+;;;.